The zero-order valence-corrected chi connectivity index (χ0v) is 15.3. The second kappa shape index (κ2) is 7.40. The van der Waals surface area contributed by atoms with Gasteiger partial charge in [-0.2, -0.15) is 13.2 Å². The van der Waals surface area contributed by atoms with Gasteiger partial charge in [-0.15, -0.1) is 0 Å². The molecule has 0 bridgehead atoms. The van der Waals surface area contributed by atoms with Gasteiger partial charge in [0, 0.05) is 6.20 Å². The van der Waals surface area contributed by atoms with Gasteiger partial charge in [0.05, 0.1) is 10.8 Å². The Hall–Kier alpha value is -2.26. The lowest BCUT2D eigenvalue weighted by Crippen LogP contribution is -2.25. The van der Waals surface area contributed by atoms with E-state index in [1.807, 2.05) is 0 Å². The summed E-state index contributed by atoms with van der Waals surface area (Å²) < 4.78 is 43.4. The van der Waals surface area contributed by atoms with E-state index in [1.165, 1.54) is 0 Å². The van der Waals surface area contributed by atoms with Gasteiger partial charge >= 0.3 is 6.18 Å². The molecular formula is C17H12ClF3N2O3S. The molecule has 0 aliphatic carbocycles. The molecule has 1 saturated heterocycles. The maximum Gasteiger partial charge on any atom is 0.417 e. The Morgan fingerprint density at radius 1 is 1.30 bits per heavy atom. The number of benzene rings is 1. The highest BCUT2D eigenvalue weighted by Gasteiger charge is 2.32. The first-order valence-electron chi connectivity index (χ1n) is 7.65. The van der Waals surface area contributed by atoms with E-state index in [2.05, 4.69) is 10.3 Å². The molecule has 3 rings (SSSR count). The number of aromatic nitrogens is 1. The summed E-state index contributed by atoms with van der Waals surface area (Å²) in [6.45, 7) is 1.79. The van der Waals surface area contributed by atoms with E-state index in [4.69, 9.17) is 16.3 Å². The molecule has 0 radical (unpaired) electrons. The molecule has 0 saturated carbocycles. The van der Waals surface area contributed by atoms with Crippen LogP contribution >= 0.6 is 23.4 Å². The minimum atomic E-state index is -4.54. The topological polar surface area (TPSA) is 68.3 Å². The standard InChI is InChI=1S/C17H12ClF3N2O3S/c1-8-4-11(3-2-9(8)5-13-14(24)23-16(25)27-13)26-15-12(18)6-10(7-22-15)17(19,20)21/h2-4,6-7,13H,5H2,1H3,(H,23,24,25)/t13-/m1/s1. The van der Waals surface area contributed by atoms with Crippen LogP contribution in [0.4, 0.5) is 18.0 Å². The Balaban J connectivity index is 1.74. The summed E-state index contributed by atoms with van der Waals surface area (Å²) in [5.74, 6) is -0.136. The molecule has 1 aliphatic heterocycles. The summed E-state index contributed by atoms with van der Waals surface area (Å²) in [4.78, 5) is 26.5. The van der Waals surface area contributed by atoms with E-state index in [0.29, 0.717) is 18.4 Å². The summed E-state index contributed by atoms with van der Waals surface area (Å²) in [7, 11) is 0. The Morgan fingerprint density at radius 2 is 2.04 bits per heavy atom. The fraction of sp³-hybridized carbons (Fsp3) is 0.235. The van der Waals surface area contributed by atoms with Gasteiger partial charge in [-0.3, -0.25) is 14.9 Å². The van der Waals surface area contributed by atoms with Gasteiger partial charge in [-0.25, -0.2) is 4.98 Å². The maximum absolute atomic E-state index is 12.7. The number of hydrogen-bond acceptors (Lipinski definition) is 5. The fourth-order valence-corrected chi connectivity index (χ4v) is 3.51. The first kappa shape index (κ1) is 19.5. The van der Waals surface area contributed by atoms with Crippen LogP contribution in [0.2, 0.25) is 5.02 Å². The van der Waals surface area contributed by atoms with Crippen molar-refractivity contribution in [3.8, 4) is 11.6 Å². The zero-order chi connectivity index (χ0) is 19.8. The molecule has 1 N–H and O–H groups in total. The van der Waals surface area contributed by atoms with Gasteiger partial charge in [0.2, 0.25) is 11.8 Å². The van der Waals surface area contributed by atoms with E-state index < -0.39 is 17.0 Å². The van der Waals surface area contributed by atoms with Crippen molar-refractivity contribution in [3.05, 3.63) is 52.2 Å². The number of alkyl halides is 3. The Morgan fingerprint density at radius 3 is 2.59 bits per heavy atom. The van der Waals surface area contributed by atoms with Crippen molar-refractivity contribution in [1.29, 1.82) is 0 Å². The van der Waals surface area contributed by atoms with Crippen LogP contribution in [-0.2, 0) is 17.4 Å². The number of nitrogens with one attached hydrogen (secondary N) is 1. The number of rotatable bonds is 4. The maximum atomic E-state index is 12.7. The molecule has 10 heteroatoms. The van der Waals surface area contributed by atoms with Crippen LogP contribution in [0, 0.1) is 6.92 Å². The predicted octanol–water partition coefficient (Wildman–Crippen LogP) is 4.75. The van der Waals surface area contributed by atoms with Gasteiger partial charge in [0.1, 0.15) is 10.8 Å². The van der Waals surface area contributed by atoms with Crippen LogP contribution in [0.25, 0.3) is 0 Å². The summed E-state index contributed by atoms with van der Waals surface area (Å²) in [6.07, 6.45) is -3.53. The van der Waals surface area contributed by atoms with Gasteiger partial charge in [0.25, 0.3) is 5.24 Å². The van der Waals surface area contributed by atoms with Gasteiger partial charge < -0.3 is 4.74 Å². The highest BCUT2D eigenvalue weighted by atomic mass is 35.5. The smallest absolute Gasteiger partial charge is 0.417 e. The van der Waals surface area contributed by atoms with Crippen molar-refractivity contribution in [1.82, 2.24) is 10.3 Å². The highest BCUT2D eigenvalue weighted by molar-refractivity contribution is 8.15. The van der Waals surface area contributed by atoms with Gasteiger partial charge in [-0.05, 0) is 42.7 Å². The molecular weight excluding hydrogens is 405 g/mol. The SMILES string of the molecule is Cc1cc(Oc2ncc(C(F)(F)F)cc2Cl)ccc1C[C@H]1SC(=O)NC1=O. The summed E-state index contributed by atoms with van der Waals surface area (Å²) >= 11 is 6.77. The Bertz CT molecular complexity index is 921. The van der Waals surface area contributed by atoms with Crippen LogP contribution in [-0.4, -0.2) is 21.4 Å². The third-order valence-electron chi connectivity index (χ3n) is 3.84. The molecule has 2 aromatic rings. The number of halogens is 4. The van der Waals surface area contributed by atoms with Crippen molar-refractivity contribution in [2.75, 3.05) is 0 Å². The molecule has 0 spiro atoms. The largest absolute Gasteiger partial charge is 0.438 e. The molecule has 1 atom stereocenters. The zero-order valence-electron chi connectivity index (χ0n) is 13.8. The lowest BCUT2D eigenvalue weighted by molar-refractivity contribution is -0.137. The van der Waals surface area contributed by atoms with Crippen molar-refractivity contribution >= 4 is 34.5 Å². The average Bonchev–Trinajstić information content (AvgIpc) is 2.88. The quantitative estimate of drug-likeness (QED) is 0.779. The van der Waals surface area contributed by atoms with Crippen LogP contribution in [0.3, 0.4) is 0 Å². The van der Waals surface area contributed by atoms with Gasteiger partial charge in [0.15, 0.2) is 0 Å². The Kier molecular flexibility index (Phi) is 5.34. The fourth-order valence-electron chi connectivity index (χ4n) is 2.46. The molecule has 2 heterocycles. The normalized spacial score (nSPS) is 17.1. The number of aryl methyl sites for hydroxylation is 1. The lowest BCUT2D eigenvalue weighted by atomic mass is 10.0. The number of thioether (sulfide) groups is 1. The van der Waals surface area contributed by atoms with Crippen LogP contribution in [0.5, 0.6) is 11.6 Å². The number of ether oxygens (including phenoxy) is 1. The molecule has 142 valence electrons. The van der Waals surface area contributed by atoms with Crippen LogP contribution in [0.1, 0.15) is 16.7 Å². The molecule has 1 fully saturated rings. The van der Waals surface area contributed by atoms with Crippen molar-refractivity contribution in [3.63, 3.8) is 0 Å². The minimum Gasteiger partial charge on any atom is -0.438 e. The lowest BCUT2D eigenvalue weighted by Gasteiger charge is -2.12. The van der Waals surface area contributed by atoms with Crippen molar-refractivity contribution in [2.45, 2.75) is 24.8 Å². The number of pyridine rings is 1. The number of carbonyl (C=O) groups is 2. The van der Waals surface area contributed by atoms with E-state index in [0.717, 1.165) is 29.0 Å². The molecule has 1 aromatic carbocycles. The summed E-state index contributed by atoms with van der Waals surface area (Å²) in [5, 5.41) is 1.11. The second-order valence-corrected chi connectivity index (χ2v) is 7.37. The van der Waals surface area contributed by atoms with Crippen molar-refractivity contribution < 1.29 is 27.5 Å². The average molecular weight is 417 g/mol. The first-order chi connectivity index (χ1) is 12.6. The van der Waals surface area contributed by atoms with Crippen molar-refractivity contribution in [2.24, 2.45) is 0 Å². The van der Waals surface area contributed by atoms with Crippen LogP contribution in [0.15, 0.2) is 30.5 Å². The number of hydrogen-bond donors (Lipinski definition) is 1. The molecule has 1 aromatic heterocycles. The number of nitrogens with zero attached hydrogens (tertiary/aromatic N) is 1. The molecule has 1 aliphatic rings. The number of carbonyl (C=O) groups excluding carboxylic acids is 2. The second-order valence-electron chi connectivity index (χ2n) is 5.79. The minimum absolute atomic E-state index is 0.145. The van der Waals surface area contributed by atoms with Gasteiger partial charge in [-0.1, -0.05) is 29.4 Å². The van der Waals surface area contributed by atoms with E-state index >= 15 is 0 Å². The third kappa shape index (κ3) is 4.54. The predicted molar refractivity (Wildman–Crippen MR) is 94.1 cm³/mol. The first-order valence-corrected chi connectivity index (χ1v) is 8.91. The summed E-state index contributed by atoms with van der Waals surface area (Å²) in [5.41, 5.74) is 0.674. The van der Waals surface area contributed by atoms with Crippen LogP contribution < -0.4 is 10.1 Å². The molecule has 2 amide bonds. The van der Waals surface area contributed by atoms with E-state index in [-0.39, 0.29) is 22.0 Å². The molecule has 0 unspecified atom stereocenters. The Labute approximate surface area is 161 Å². The molecule has 27 heavy (non-hydrogen) atoms. The highest BCUT2D eigenvalue weighted by Crippen LogP contribution is 2.35. The molecule has 5 nitrogen and oxygen atoms in total. The monoisotopic (exact) mass is 416 g/mol. The number of amides is 2. The van der Waals surface area contributed by atoms with E-state index in [1.54, 1.807) is 25.1 Å². The summed E-state index contributed by atoms with van der Waals surface area (Å²) in [6, 6.07) is 5.72. The van der Waals surface area contributed by atoms with E-state index in [9.17, 15) is 22.8 Å². The third-order valence-corrected chi connectivity index (χ3v) is 5.09. The number of imide groups is 1.